The average Bonchev–Trinajstić information content (AvgIpc) is 3.63. The van der Waals surface area contributed by atoms with Gasteiger partial charge in [0.15, 0.2) is 11.6 Å². The highest BCUT2D eigenvalue weighted by molar-refractivity contribution is 6.04. The first-order chi connectivity index (χ1) is 26.2. The van der Waals surface area contributed by atoms with Crippen LogP contribution in [-0.4, -0.2) is 88.2 Å². The number of halogens is 3. The van der Waals surface area contributed by atoms with E-state index in [4.69, 9.17) is 16.1 Å². The van der Waals surface area contributed by atoms with Gasteiger partial charge in [-0.1, -0.05) is 30.5 Å². The van der Waals surface area contributed by atoms with E-state index in [-0.39, 0.29) is 70.9 Å². The van der Waals surface area contributed by atoms with E-state index in [9.17, 15) is 14.3 Å². The number of rotatable bonds is 7. The molecule has 1 saturated carbocycles. The number of fused-ring (bicyclic) bond motifs is 3. The summed E-state index contributed by atoms with van der Waals surface area (Å²) in [5, 5.41) is 11.8. The van der Waals surface area contributed by atoms with Gasteiger partial charge >= 0.3 is 6.01 Å². The number of hydrogen-bond donors (Lipinski definition) is 1. The van der Waals surface area contributed by atoms with Crippen LogP contribution in [0.15, 0.2) is 66.6 Å². The minimum atomic E-state index is -0.912. The Hall–Kier alpha value is -5.67. The van der Waals surface area contributed by atoms with Gasteiger partial charge in [0.1, 0.15) is 22.9 Å². The number of phenols is 1. The number of carbonyl (C=O) groups excluding carboxylic acids is 1. The van der Waals surface area contributed by atoms with Gasteiger partial charge in [0.05, 0.1) is 17.9 Å². The first-order valence-corrected chi connectivity index (χ1v) is 18.2. The van der Waals surface area contributed by atoms with Crippen LogP contribution in [-0.2, 0) is 4.79 Å². The zero-order valence-electron chi connectivity index (χ0n) is 29.9. The number of pyridine rings is 1. The van der Waals surface area contributed by atoms with Crippen molar-refractivity contribution >= 4 is 39.5 Å². The predicted octanol–water partition coefficient (Wildman–Crippen LogP) is 7.11. The number of benzene rings is 3. The highest BCUT2D eigenvalue weighted by atomic mass is 19.1. The van der Waals surface area contributed by atoms with Crippen molar-refractivity contribution in [3.63, 3.8) is 0 Å². The number of nitrogens with zero attached hydrogens (tertiary/aromatic N) is 6. The maximum absolute atomic E-state index is 17.1. The van der Waals surface area contributed by atoms with Crippen LogP contribution in [0.5, 0.6) is 11.8 Å². The highest BCUT2D eigenvalue weighted by Gasteiger charge is 2.47. The fourth-order valence-corrected chi connectivity index (χ4v) is 8.73. The molecule has 2 saturated heterocycles. The van der Waals surface area contributed by atoms with Gasteiger partial charge in [0.2, 0.25) is 0 Å². The molecule has 1 aliphatic carbocycles. The van der Waals surface area contributed by atoms with Crippen molar-refractivity contribution in [1.82, 2.24) is 24.8 Å². The molecule has 2 aromatic heterocycles. The maximum atomic E-state index is 17.1. The molecule has 0 bridgehead atoms. The Morgan fingerprint density at radius 1 is 1.04 bits per heavy atom. The zero-order chi connectivity index (χ0) is 37.6. The lowest BCUT2D eigenvalue weighted by molar-refractivity contribution is -0.128. The molecule has 3 fully saturated rings. The number of phenolic OH excluding ortho intramolecular Hbond substituents is 1. The largest absolute Gasteiger partial charge is 0.508 e. The molecule has 12 heteroatoms. The summed E-state index contributed by atoms with van der Waals surface area (Å²) in [5.41, 5.74) is 0.482. The molecule has 4 heterocycles. The molecule has 54 heavy (non-hydrogen) atoms. The minimum absolute atomic E-state index is 0.0146. The number of aromatic nitrogens is 3. The smallest absolute Gasteiger partial charge is 0.319 e. The molecule has 3 aromatic carbocycles. The lowest BCUT2D eigenvalue weighted by Crippen LogP contribution is -2.50. The Labute approximate surface area is 311 Å². The van der Waals surface area contributed by atoms with Gasteiger partial charge in [-0.05, 0) is 86.6 Å². The molecule has 1 N–H and O–H groups in total. The second-order valence-corrected chi connectivity index (χ2v) is 14.5. The van der Waals surface area contributed by atoms with E-state index >= 15 is 8.78 Å². The third-order valence-electron chi connectivity index (χ3n) is 11.4. The van der Waals surface area contributed by atoms with Crippen molar-refractivity contribution in [3.05, 3.63) is 89.5 Å². The number of piperidine rings is 1. The molecule has 2 atom stereocenters. The average molecular weight is 733 g/mol. The SMILES string of the molecule is C#Cc1c(F)ccc2cc(O)cc(-c3ccc4c(N5CCN(C(=O)/C(F)=C/c6ccccn6)CC5)nc(OC[C@]56CCCC5N(C)CCC6)nc4c3F)c12. The topological polar surface area (TPSA) is 94.9 Å². The summed E-state index contributed by atoms with van der Waals surface area (Å²) in [4.78, 5) is 32.4. The van der Waals surface area contributed by atoms with E-state index in [2.05, 4.69) is 27.8 Å². The number of likely N-dealkylation sites (tertiary alicyclic amines) is 1. The lowest BCUT2D eigenvalue weighted by atomic mass is 9.76. The first kappa shape index (κ1) is 35.4. The van der Waals surface area contributed by atoms with Crippen molar-refractivity contribution in [1.29, 1.82) is 0 Å². The minimum Gasteiger partial charge on any atom is -0.508 e. The van der Waals surface area contributed by atoms with Crippen molar-refractivity contribution < 1.29 is 27.8 Å². The molecule has 9 nitrogen and oxygen atoms in total. The monoisotopic (exact) mass is 732 g/mol. The van der Waals surface area contributed by atoms with Crippen LogP contribution < -0.4 is 9.64 Å². The van der Waals surface area contributed by atoms with Gasteiger partial charge in [0.25, 0.3) is 5.91 Å². The number of aromatic hydroxyl groups is 1. The molecule has 3 aliphatic rings. The van der Waals surface area contributed by atoms with Crippen molar-refractivity contribution in [3.8, 4) is 35.2 Å². The van der Waals surface area contributed by atoms with Crippen LogP contribution in [0.25, 0.3) is 38.9 Å². The molecule has 8 rings (SSSR count). The maximum Gasteiger partial charge on any atom is 0.319 e. The Bertz CT molecular complexity index is 2340. The summed E-state index contributed by atoms with van der Waals surface area (Å²) in [5.74, 6) is -0.342. The second kappa shape index (κ2) is 14.3. The van der Waals surface area contributed by atoms with Crippen molar-refractivity contribution in [2.75, 3.05) is 51.3 Å². The van der Waals surface area contributed by atoms with Gasteiger partial charge in [-0.2, -0.15) is 9.97 Å². The predicted molar refractivity (Wildman–Crippen MR) is 202 cm³/mol. The van der Waals surface area contributed by atoms with E-state index < -0.39 is 23.4 Å². The summed E-state index contributed by atoms with van der Waals surface area (Å²) in [6.45, 7) is 2.37. The number of amides is 1. The fraction of sp³-hybridized carbons (Fsp3) is 0.333. The quantitative estimate of drug-likeness (QED) is 0.140. The summed E-state index contributed by atoms with van der Waals surface area (Å²) >= 11 is 0. The molecule has 276 valence electrons. The molecule has 1 amide bonds. The van der Waals surface area contributed by atoms with Gasteiger partial charge in [-0.3, -0.25) is 9.78 Å². The molecule has 5 aromatic rings. The molecular formula is C42H39F3N6O3. The van der Waals surface area contributed by atoms with Crippen LogP contribution >= 0.6 is 0 Å². The van der Waals surface area contributed by atoms with Crippen LogP contribution in [0, 0.1) is 29.4 Å². The molecule has 0 spiro atoms. The summed E-state index contributed by atoms with van der Waals surface area (Å²) < 4.78 is 53.5. The molecular weight excluding hydrogens is 693 g/mol. The third-order valence-corrected chi connectivity index (χ3v) is 11.4. The van der Waals surface area contributed by atoms with Crippen molar-refractivity contribution in [2.45, 2.75) is 38.1 Å². The zero-order valence-corrected chi connectivity index (χ0v) is 29.9. The van der Waals surface area contributed by atoms with Gasteiger partial charge in [-0.15, -0.1) is 6.42 Å². The number of piperazine rings is 1. The van der Waals surface area contributed by atoms with Crippen molar-refractivity contribution in [2.24, 2.45) is 5.41 Å². The third kappa shape index (κ3) is 6.36. The Morgan fingerprint density at radius 3 is 2.63 bits per heavy atom. The lowest BCUT2D eigenvalue weighted by Gasteiger charge is -2.44. The first-order valence-electron chi connectivity index (χ1n) is 18.2. The van der Waals surface area contributed by atoms with Crippen LogP contribution in [0.1, 0.15) is 43.4 Å². The normalized spacial score (nSPS) is 20.6. The standard InChI is InChI=1S/C42H39F3N6O3/c1-3-29-33(43)13-10-26-22-28(52)24-32(36(26)29)30-11-12-31-38(37(30)45)47-41(54-25-42-14-6-9-35(42)49(2)17-7-15-42)48-39(31)50-18-20-51(21-19-50)40(53)34(44)23-27-8-4-5-16-46-27/h1,4-5,8,10-13,16,22-24,35,52H,6-7,9,14-15,17-21,25H2,2H3/b34-23-/t35?,42-/m1/s1. The molecule has 2 aliphatic heterocycles. The number of anilines is 1. The fourth-order valence-electron chi connectivity index (χ4n) is 8.73. The van der Waals surface area contributed by atoms with Crippen LogP contribution in [0.2, 0.25) is 0 Å². The van der Waals surface area contributed by atoms with Gasteiger partial charge in [0, 0.05) is 66.2 Å². The molecule has 1 unspecified atom stereocenters. The Morgan fingerprint density at radius 2 is 1.85 bits per heavy atom. The van der Waals surface area contributed by atoms with E-state index in [1.807, 2.05) is 4.90 Å². The highest BCUT2D eigenvalue weighted by Crippen LogP contribution is 2.48. The number of terminal acetylenes is 1. The van der Waals surface area contributed by atoms with Gasteiger partial charge < -0.3 is 24.5 Å². The van der Waals surface area contributed by atoms with Crippen LogP contribution in [0.3, 0.4) is 0 Å². The summed E-state index contributed by atoms with van der Waals surface area (Å²) in [6, 6.07) is 14.2. The van der Waals surface area contributed by atoms with E-state index in [0.717, 1.165) is 44.7 Å². The second-order valence-electron chi connectivity index (χ2n) is 14.5. The summed E-state index contributed by atoms with van der Waals surface area (Å²) in [7, 11) is 2.15. The van der Waals surface area contributed by atoms with E-state index in [0.29, 0.717) is 34.9 Å². The van der Waals surface area contributed by atoms with Crippen LogP contribution in [0.4, 0.5) is 19.0 Å². The van der Waals surface area contributed by atoms with E-state index in [1.54, 1.807) is 30.3 Å². The summed E-state index contributed by atoms with van der Waals surface area (Å²) in [6.07, 6.45) is 13.6. The van der Waals surface area contributed by atoms with E-state index in [1.165, 1.54) is 35.4 Å². The number of hydrogen-bond acceptors (Lipinski definition) is 8. The number of carbonyl (C=O) groups is 1. The Balaban J connectivity index is 1.17. The van der Waals surface area contributed by atoms with Gasteiger partial charge in [-0.25, -0.2) is 13.2 Å². The molecule has 0 radical (unpaired) electrons. The Kier molecular flexibility index (Phi) is 9.36. The number of ether oxygens (including phenoxy) is 1.